The smallest absolute Gasteiger partial charge is 0.412 e. The van der Waals surface area contributed by atoms with Crippen molar-refractivity contribution < 1.29 is 62.8 Å². The van der Waals surface area contributed by atoms with E-state index in [0.717, 1.165) is 6.92 Å². The number of hydrogen-bond donors (Lipinski definition) is 2. The van der Waals surface area contributed by atoms with Crippen molar-refractivity contribution in [1.29, 1.82) is 0 Å². The van der Waals surface area contributed by atoms with Crippen molar-refractivity contribution in [3.63, 3.8) is 0 Å². The summed E-state index contributed by atoms with van der Waals surface area (Å²) in [6.07, 6.45) is -7.99. The van der Waals surface area contributed by atoms with Gasteiger partial charge in [0.1, 0.15) is 0 Å². The highest BCUT2D eigenvalue weighted by molar-refractivity contribution is 7.87. The second-order valence-electron chi connectivity index (χ2n) is 5.26. The Labute approximate surface area is 159 Å². The minimum Gasteiger partial charge on any atom is -0.412 e. The Balaban J connectivity index is 5.96. The van der Waals surface area contributed by atoms with Gasteiger partial charge in [0.2, 0.25) is 0 Å². The number of carbonyl (C=O) groups excluding carboxylic acids is 2. The zero-order chi connectivity index (χ0) is 23.5. The molecule has 0 aromatic carbocycles. The summed E-state index contributed by atoms with van der Waals surface area (Å²) < 4.78 is 130. The van der Waals surface area contributed by atoms with Gasteiger partial charge in [-0.1, -0.05) is 13.2 Å². The van der Waals surface area contributed by atoms with Crippen LogP contribution in [0.15, 0.2) is 24.9 Å². The molecule has 1 amide bonds. The number of rotatable bonds is 10. The van der Waals surface area contributed by atoms with Crippen LogP contribution >= 0.6 is 0 Å². The molecule has 0 aromatic rings. The second kappa shape index (κ2) is 8.66. The number of hydrogen-bond acceptors (Lipinski definition) is 6. The molecule has 1 unspecified atom stereocenters. The van der Waals surface area contributed by atoms with Crippen LogP contribution in [0, 0.1) is 0 Å². The molecule has 2 N–H and O–H groups in total. The Morgan fingerprint density at radius 1 is 1.14 bits per heavy atom. The molecule has 168 valence electrons. The summed E-state index contributed by atoms with van der Waals surface area (Å²) >= 11 is 0. The summed E-state index contributed by atoms with van der Waals surface area (Å²) in [5.74, 6) is -14.4. The first-order valence-electron chi connectivity index (χ1n) is 7.01. The van der Waals surface area contributed by atoms with Gasteiger partial charge in [-0.15, -0.1) is 0 Å². The number of halogens is 7. The third-order valence-electron chi connectivity index (χ3n) is 2.96. The summed E-state index contributed by atoms with van der Waals surface area (Å²) in [5.41, 5.74) is -0.683. The summed E-state index contributed by atoms with van der Waals surface area (Å²) in [6.45, 7) is 4.58. The van der Waals surface area contributed by atoms with Gasteiger partial charge in [-0.3, -0.25) is 9.35 Å². The summed E-state index contributed by atoms with van der Waals surface area (Å²) in [5, 5.41) is -4.75. The largest absolute Gasteiger partial charge is 0.466 e. The molecule has 0 rings (SSSR count). The topological polar surface area (TPSA) is 119 Å². The standard InChI is InChI=1S/C13H14F7NO7S/c1-4-21-9(23)11(12(16,17)18,28-8(22)7(2)3)27-6-5-10(14,15)13(19,20)29(24,25)26/h4H,1-2,5-6H2,3H3,(H,21,23)(H,24,25,26). The van der Waals surface area contributed by atoms with Crippen LogP contribution in [0.25, 0.3) is 0 Å². The van der Waals surface area contributed by atoms with Crippen molar-refractivity contribution in [3.8, 4) is 0 Å². The van der Waals surface area contributed by atoms with E-state index in [1.807, 2.05) is 0 Å². The fraction of sp³-hybridized carbons (Fsp3) is 0.538. The Kier molecular flexibility index (Phi) is 8.01. The Bertz CT molecular complexity index is 779. The van der Waals surface area contributed by atoms with E-state index >= 15 is 0 Å². The number of nitrogens with one attached hydrogen (secondary N) is 1. The molecule has 0 aromatic heterocycles. The van der Waals surface area contributed by atoms with E-state index in [0.29, 0.717) is 6.20 Å². The quantitative estimate of drug-likeness (QED) is 0.168. The monoisotopic (exact) mass is 461 g/mol. The molecule has 29 heavy (non-hydrogen) atoms. The first kappa shape index (κ1) is 26.8. The number of carbonyl (C=O) groups is 2. The normalized spacial score (nSPS) is 15.2. The molecular weight excluding hydrogens is 447 g/mol. The molecule has 8 nitrogen and oxygen atoms in total. The van der Waals surface area contributed by atoms with Gasteiger partial charge in [-0.2, -0.15) is 39.2 Å². The second-order valence-corrected chi connectivity index (χ2v) is 6.72. The lowest BCUT2D eigenvalue weighted by Gasteiger charge is -2.33. The lowest BCUT2D eigenvalue weighted by molar-refractivity contribution is -0.349. The third kappa shape index (κ3) is 5.66. The maximum atomic E-state index is 13.4. The van der Waals surface area contributed by atoms with Crippen molar-refractivity contribution in [3.05, 3.63) is 24.9 Å². The molecule has 0 spiro atoms. The maximum absolute atomic E-state index is 13.4. The minimum absolute atomic E-state index is 0.377. The van der Waals surface area contributed by atoms with Gasteiger partial charge >= 0.3 is 45.1 Å². The van der Waals surface area contributed by atoms with E-state index in [2.05, 4.69) is 22.6 Å². The average Bonchev–Trinajstić information content (AvgIpc) is 2.51. The van der Waals surface area contributed by atoms with Gasteiger partial charge in [0.05, 0.1) is 6.61 Å². The summed E-state index contributed by atoms with van der Waals surface area (Å²) in [6, 6.07) is 0. The van der Waals surface area contributed by atoms with Crippen LogP contribution < -0.4 is 5.32 Å². The highest BCUT2D eigenvalue weighted by Crippen LogP contribution is 2.42. The third-order valence-corrected chi connectivity index (χ3v) is 3.91. The molecule has 0 radical (unpaired) electrons. The number of amides is 1. The van der Waals surface area contributed by atoms with Gasteiger partial charge < -0.3 is 14.8 Å². The van der Waals surface area contributed by atoms with Crippen LogP contribution in [-0.2, 0) is 29.2 Å². The predicted octanol–water partition coefficient (Wildman–Crippen LogP) is 2.15. The van der Waals surface area contributed by atoms with Crippen LogP contribution in [0.3, 0.4) is 0 Å². The van der Waals surface area contributed by atoms with Gasteiger partial charge in [-0.25, -0.2) is 4.79 Å². The summed E-state index contributed by atoms with van der Waals surface area (Å²) in [4.78, 5) is 23.3. The van der Waals surface area contributed by atoms with E-state index in [-0.39, 0.29) is 0 Å². The Morgan fingerprint density at radius 2 is 1.62 bits per heavy atom. The van der Waals surface area contributed by atoms with Crippen LogP contribution in [0.5, 0.6) is 0 Å². The molecule has 1 atom stereocenters. The van der Waals surface area contributed by atoms with E-state index < -0.39 is 63.7 Å². The first-order chi connectivity index (χ1) is 12.8. The molecule has 0 aliphatic rings. The lowest BCUT2D eigenvalue weighted by Crippen LogP contribution is -2.61. The van der Waals surface area contributed by atoms with Crippen molar-refractivity contribution in [2.24, 2.45) is 0 Å². The molecule has 0 heterocycles. The van der Waals surface area contributed by atoms with Crippen LogP contribution in [0.1, 0.15) is 13.3 Å². The number of esters is 1. The van der Waals surface area contributed by atoms with Crippen molar-refractivity contribution >= 4 is 22.0 Å². The van der Waals surface area contributed by atoms with Gasteiger partial charge in [0.25, 0.3) is 0 Å². The van der Waals surface area contributed by atoms with Gasteiger partial charge in [-0.05, 0) is 13.1 Å². The molecule has 0 saturated heterocycles. The Morgan fingerprint density at radius 3 is 1.97 bits per heavy atom. The van der Waals surface area contributed by atoms with Crippen molar-refractivity contribution in [2.45, 2.75) is 36.5 Å². The molecule has 0 aliphatic heterocycles. The first-order valence-corrected chi connectivity index (χ1v) is 8.45. The van der Waals surface area contributed by atoms with E-state index in [9.17, 15) is 48.7 Å². The number of alkyl halides is 7. The van der Waals surface area contributed by atoms with Gasteiger partial charge in [0.15, 0.2) is 0 Å². The molecule has 0 fully saturated rings. The van der Waals surface area contributed by atoms with Crippen LogP contribution in [0.4, 0.5) is 30.7 Å². The molecule has 0 aliphatic carbocycles. The zero-order valence-corrected chi connectivity index (χ0v) is 15.2. The van der Waals surface area contributed by atoms with Crippen LogP contribution in [-0.4, -0.2) is 54.6 Å². The fourth-order valence-electron chi connectivity index (χ4n) is 1.47. The molecule has 16 heteroatoms. The number of ether oxygens (including phenoxy) is 2. The average molecular weight is 461 g/mol. The van der Waals surface area contributed by atoms with Crippen molar-refractivity contribution in [1.82, 2.24) is 5.32 Å². The fourth-order valence-corrected chi connectivity index (χ4v) is 1.95. The van der Waals surface area contributed by atoms with E-state index in [4.69, 9.17) is 4.55 Å². The van der Waals surface area contributed by atoms with E-state index in [1.54, 1.807) is 0 Å². The maximum Gasteiger partial charge on any atom is 0.466 e. The minimum atomic E-state index is -6.66. The lowest BCUT2D eigenvalue weighted by atomic mass is 10.2. The van der Waals surface area contributed by atoms with Crippen LogP contribution in [0.2, 0.25) is 0 Å². The predicted molar refractivity (Wildman–Crippen MR) is 80.0 cm³/mol. The molecular formula is C13H14F7NO7S. The molecule has 0 bridgehead atoms. The SMILES string of the molecule is C=CNC(=O)C(OCCC(F)(F)C(F)(F)S(=O)(=O)O)(OC(=O)C(=C)C)C(F)(F)F. The zero-order valence-electron chi connectivity index (χ0n) is 14.4. The van der Waals surface area contributed by atoms with E-state index in [1.165, 1.54) is 5.32 Å². The van der Waals surface area contributed by atoms with Gasteiger partial charge in [0, 0.05) is 12.0 Å². The summed E-state index contributed by atoms with van der Waals surface area (Å²) in [7, 11) is -6.66. The Hall–Kier alpha value is -2.20. The van der Waals surface area contributed by atoms with Crippen molar-refractivity contribution in [2.75, 3.05) is 6.61 Å². The molecule has 0 saturated carbocycles. The highest BCUT2D eigenvalue weighted by atomic mass is 32.2. The highest BCUT2D eigenvalue weighted by Gasteiger charge is 2.68.